The van der Waals surface area contributed by atoms with Crippen LogP contribution in [0.2, 0.25) is 0 Å². The molecule has 0 N–H and O–H groups in total. The maximum atomic E-state index is 12.2. The van der Waals surface area contributed by atoms with Crippen LogP contribution in [0.25, 0.3) is 0 Å². The standard InChI is InChI=1S/C11H11BrF2O3/c1-6-3-9(17-11(13)14)8(10(15)16-2)4-7(6)5-12/h3-4,11H,5H2,1-2H3. The van der Waals surface area contributed by atoms with E-state index in [1.165, 1.54) is 19.2 Å². The summed E-state index contributed by atoms with van der Waals surface area (Å²) < 4.78 is 33.2. The second-order valence-corrected chi connectivity index (χ2v) is 3.84. The second-order valence-electron chi connectivity index (χ2n) is 3.28. The first kappa shape index (κ1) is 13.9. The lowest BCUT2D eigenvalue weighted by molar-refractivity contribution is -0.0504. The fraction of sp³-hybridized carbons (Fsp3) is 0.364. The fourth-order valence-electron chi connectivity index (χ4n) is 1.33. The Morgan fingerprint density at radius 3 is 2.59 bits per heavy atom. The third kappa shape index (κ3) is 3.39. The minimum atomic E-state index is -2.98. The van der Waals surface area contributed by atoms with Gasteiger partial charge >= 0.3 is 12.6 Å². The summed E-state index contributed by atoms with van der Waals surface area (Å²) in [7, 11) is 1.18. The number of alkyl halides is 3. The van der Waals surface area contributed by atoms with Gasteiger partial charge in [-0.1, -0.05) is 15.9 Å². The van der Waals surface area contributed by atoms with Gasteiger partial charge in [-0.25, -0.2) is 4.79 Å². The van der Waals surface area contributed by atoms with E-state index >= 15 is 0 Å². The molecule has 6 heteroatoms. The van der Waals surface area contributed by atoms with E-state index in [0.717, 1.165) is 11.1 Å². The lowest BCUT2D eigenvalue weighted by atomic mass is 10.1. The van der Waals surface area contributed by atoms with Gasteiger partial charge in [0.25, 0.3) is 0 Å². The molecular formula is C11H11BrF2O3. The van der Waals surface area contributed by atoms with Crippen LogP contribution >= 0.6 is 15.9 Å². The van der Waals surface area contributed by atoms with Crippen molar-refractivity contribution >= 4 is 21.9 Å². The third-order valence-electron chi connectivity index (χ3n) is 2.20. The van der Waals surface area contributed by atoms with Crippen LogP contribution in [0.1, 0.15) is 21.5 Å². The van der Waals surface area contributed by atoms with Crippen molar-refractivity contribution in [2.75, 3.05) is 7.11 Å². The molecule has 1 rings (SSSR count). The highest BCUT2D eigenvalue weighted by molar-refractivity contribution is 9.08. The summed E-state index contributed by atoms with van der Waals surface area (Å²) in [5, 5.41) is 0.512. The molecule has 0 aliphatic rings. The smallest absolute Gasteiger partial charge is 0.387 e. The van der Waals surface area contributed by atoms with Gasteiger partial charge in [0.1, 0.15) is 11.3 Å². The number of benzene rings is 1. The van der Waals surface area contributed by atoms with Gasteiger partial charge in [0.2, 0.25) is 0 Å². The number of halogens is 3. The van der Waals surface area contributed by atoms with Crippen molar-refractivity contribution in [3.63, 3.8) is 0 Å². The van der Waals surface area contributed by atoms with Gasteiger partial charge in [-0.05, 0) is 30.2 Å². The molecule has 0 saturated heterocycles. The van der Waals surface area contributed by atoms with E-state index in [1.807, 2.05) is 0 Å². The minimum Gasteiger partial charge on any atom is -0.465 e. The SMILES string of the molecule is COC(=O)c1cc(CBr)c(C)cc1OC(F)F. The Kier molecular flexibility index (Phi) is 4.86. The summed E-state index contributed by atoms with van der Waals surface area (Å²) in [5.74, 6) is -0.878. The van der Waals surface area contributed by atoms with Gasteiger partial charge in [-0.15, -0.1) is 0 Å². The van der Waals surface area contributed by atoms with Crippen LogP contribution in [0.5, 0.6) is 5.75 Å². The first-order valence-corrected chi connectivity index (χ1v) is 5.84. The van der Waals surface area contributed by atoms with Crippen LogP contribution in [0.4, 0.5) is 8.78 Å². The molecule has 1 aromatic carbocycles. The summed E-state index contributed by atoms with van der Waals surface area (Å²) >= 11 is 3.25. The number of hydrogen-bond acceptors (Lipinski definition) is 3. The quantitative estimate of drug-likeness (QED) is 0.632. The number of hydrogen-bond donors (Lipinski definition) is 0. The molecule has 0 aromatic heterocycles. The van der Waals surface area contributed by atoms with Crippen molar-refractivity contribution in [2.45, 2.75) is 18.9 Å². The predicted molar refractivity (Wildman–Crippen MR) is 61.8 cm³/mol. The first-order chi connectivity index (χ1) is 7.99. The molecule has 0 aliphatic heterocycles. The Hall–Kier alpha value is -1.17. The predicted octanol–water partition coefficient (Wildman–Crippen LogP) is 3.28. The molecule has 0 spiro atoms. The number of aryl methyl sites for hydroxylation is 1. The normalized spacial score (nSPS) is 10.5. The molecule has 0 saturated carbocycles. The zero-order chi connectivity index (χ0) is 13.0. The van der Waals surface area contributed by atoms with Gasteiger partial charge < -0.3 is 9.47 Å². The van der Waals surface area contributed by atoms with Crippen LogP contribution in [-0.2, 0) is 10.1 Å². The highest BCUT2D eigenvalue weighted by Gasteiger charge is 2.18. The molecule has 17 heavy (non-hydrogen) atoms. The topological polar surface area (TPSA) is 35.5 Å². The van der Waals surface area contributed by atoms with Crippen molar-refractivity contribution in [1.29, 1.82) is 0 Å². The number of carbonyl (C=O) groups is 1. The Bertz CT molecular complexity index is 421. The molecule has 3 nitrogen and oxygen atoms in total. The summed E-state index contributed by atoms with van der Waals surface area (Å²) in [6.07, 6.45) is 0. The molecule has 0 unspecified atom stereocenters. The third-order valence-corrected chi connectivity index (χ3v) is 2.81. The monoisotopic (exact) mass is 308 g/mol. The van der Waals surface area contributed by atoms with E-state index in [-0.39, 0.29) is 11.3 Å². The van der Waals surface area contributed by atoms with Crippen LogP contribution < -0.4 is 4.74 Å². The highest BCUT2D eigenvalue weighted by atomic mass is 79.9. The fourth-order valence-corrected chi connectivity index (χ4v) is 1.94. The van der Waals surface area contributed by atoms with Crippen LogP contribution in [0, 0.1) is 6.92 Å². The Morgan fingerprint density at radius 1 is 1.47 bits per heavy atom. The summed E-state index contributed by atoms with van der Waals surface area (Å²) in [5.41, 5.74) is 1.56. The number of carbonyl (C=O) groups excluding carboxylic acids is 1. The largest absolute Gasteiger partial charge is 0.465 e. The average Bonchev–Trinajstić information content (AvgIpc) is 2.27. The maximum Gasteiger partial charge on any atom is 0.387 e. The van der Waals surface area contributed by atoms with Crippen LogP contribution in [-0.4, -0.2) is 19.7 Å². The zero-order valence-electron chi connectivity index (χ0n) is 9.30. The minimum absolute atomic E-state index is 0.00662. The Labute approximate surface area is 106 Å². The van der Waals surface area contributed by atoms with Crippen molar-refractivity contribution in [3.05, 3.63) is 28.8 Å². The van der Waals surface area contributed by atoms with Gasteiger partial charge in [0, 0.05) is 5.33 Å². The molecule has 0 aliphatic carbocycles. The van der Waals surface area contributed by atoms with Crippen LogP contribution in [0.3, 0.4) is 0 Å². The average molecular weight is 309 g/mol. The van der Waals surface area contributed by atoms with Gasteiger partial charge in [0.05, 0.1) is 7.11 Å². The van der Waals surface area contributed by atoms with Crippen LogP contribution in [0.15, 0.2) is 12.1 Å². The number of methoxy groups -OCH3 is 1. The molecule has 0 fully saturated rings. The molecule has 0 heterocycles. The van der Waals surface area contributed by atoms with E-state index < -0.39 is 12.6 Å². The maximum absolute atomic E-state index is 12.2. The molecule has 0 atom stereocenters. The zero-order valence-corrected chi connectivity index (χ0v) is 10.9. The van der Waals surface area contributed by atoms with Crippen molar-refractivity contribution in [1.82, 2.24) is 0 Å². The van der Waals surface area contributed by atoms with Crippen molar-refractivity contribution < 1.29 is 23.0 Å². The molecule has 0 radical (unpaired) electrons. The number of esters is 1. The Morgan fingerprint density at radius 2 is 2.12 bits per heavy atom. The second kappa shape index (κ2) is 5.95. The Balaban J connectivity index is 3.25. The van der Waals surface area contributed by atoms with Crippen molar-refractivity contribution in [2.24, 2.45) is 0 Å². The first-order valence-electron chi connectivity index (χ1n) is 4.72. The number of rotatable bonds is 4. The summed E-state index contributed by atoms with van der Waals surface area (Å²) in [4.78, 5) is 11.4. The van der Waals surface area contributed by atoms with Gasteiger partial charge in [0.15, 0.2) is 0 Å². The van der Waals surface area contributed by atoms with E-state index in [9.17, 15) is 13.6 Å². The molecule has 94 valence electrons. The van der Waals surface area contributed by atoms with Crippen molar-refractivity contribution in [3.8, 4) is 5.75 Å². The van der Waals surface area contributed by atoms with Gasteiger partial charge in [-0.3, -0.25) is 0 Å². The number of ether oxygens (including phenoxy) is 2. The molecule has 1 aromatic rings. The van der Waals surface area contributed by atoms with E-state index in [1.54, 1.807) is 6.92 Å². The summed E-state index contributed by atoms with van der Waals surface area (Å²) in [6.45, 7) is -1.23. The lowest BCUT2D eigenvalue weighted by Crippen LogP contribution is -2.10. The van der Waals surface area contributed by atoms with Gasteiger partial charge in [-0.2, -0.15) is 8.78 Å². The van der Waals surface area contributed by atoms with E-state index in [2.05, 4.69) is 25.4 Å². The highest BCUT2D eigenvalue weighted by Crippen LogP contribution is 2.27. The molecule has 0 bridgehead atoms. The van der Waals surface area contributed by atoms with E-state index in [0.29, 0.717) is 5.33 Å². The van der Waals surface area contributed by atoms with E-state index in [4.69, 9.17) is 0 Å². The molecule has 0 amide bonds. The lowest BCUT2D eigenvalue weighted by Gasteiger charge is -2.12. The summed E-state index contributed by atoms with van der Waals surface area (Å²) in [6, 6.07) is 2.88. The molecular weight excluding hydrogens is 298 g/mol.